The van der Waals surface area contributed by atoms with Crippen molar-refractivity contribution in [3.63, 3.8) is 0 Å². The second-order valence-electron chi connectivity index (χ2n) is 8.88. The third-order valence-electron chi connectivity index (χ3n) is 5.89. The number of rotatable bonds is 14. The maximum absolute atomic E-state index is 12.2. The van der Waals surface area contributed by atoms with Crippen molar-refractivity contribution in [3.05, 3.63) is 47.8 Å². The van der Waals surface area contributed by atoms with Crippen LogP contribution in [0.25, 0.3) is 11.4 Å². The largest absolute Gasteiger partial charge is 0.465 e. The standard InChI is InChI=1S/C27H40N2O2/c1-5-7-8-9-10-11-12-24-18-28-26(29-19-24)25-15-13-23(14-16-25)17-22(4)27(30)31-20-21(3)6-2/h13-16,18-19,21-22H,5-12,17,20H2,1-4H3. The van der Waals surface area contributed by atoms with Gasteiger partial charge in [0.2, 0.25) is 0 Å². The number of aryl methyl sites for hydroxylation is 1. The van der Waals surface area contributed by atoms with Gasteiger partial charge < -0.3 is 4.74 Å². The minimum Gasteiger partial charge on any atom is -0.465 e. The first-order valence-corrected chi connectivity index (χ1v) is 12.1. The molecule has 2 unspecified atom stereocenters. The van der Waals surface area contributed by atoms with Gasteiger partial charge in [0.1, 0.15) is 0 Å². The molecule has 0 saturated heterocycles. The SMILES string of the molecule is CCCCCCCCc1cnc(-c2ccc(CC(C)C(=O)OCC(C)CC)cc2)nc1. The highest BCUT2D eigenvalue weighted by atomic mass is 16.5. The van der Waals surface area contributed by atoms with Crippen molar-refractivity contribution in [2.24, 2.45) is 11.8 Å². The first-order valence-electron chi connectivity index (χ1n) is 12.1. The molecule has 0 aliphatic rings. The van der Waals surface area contributed by atoms with Gasteiger partial charge in [-0.1, -0.05) is 90.5 Å². The van der Waals surface area contributed by atoms with Crippen molar-refractivity contribution in [3.8, 4) is 11.4 Å². The van der Waals surface area contributed by atoms with E-state index in [1.165, 1.54) is 44.1 Å². The van der Waals surface area contributed by atoms with Gasteiger partial charge in [-0.25, -0.2) is 9.97 Å². The first kappa shape index (κ1) is 25.0. The van der Waals surface area contributed by atoms with E-state index in [-0.39, 0.29) is 11.9 Å². The van der Waals surface area contributed by atoms with E-state index >= 15 is 0 Å². The Kier molecular flexibility index (Phi) is 11.3. The highest BCUT2D eigenvalue weighted by Crippen LogP contribution is 2.18. The molecule has 4 nitrogen and oxygen atoms in total. The summed E-state index contributed by atoms with van der Waals surface area (Å²) < 4.78 is 5.43. The lowest BCUT2D eigenvalue weighted by Gasteiger charge is -2.14. The monoisotopic (exact) mass is 424 g/mol. The van der Waals surface area contributed by atoms with Gasteiger partial charge in [-0.2, -0.15) is 0 Å². The number of esters is 1. The number of benzene rings is 1. The average molecular weight is 425 g/mol. The Balaban J connectivity index is 1.81. The van der Waals surface area contributed by atoms with Crippen LogP contribution in [-0.2, 0) is 22.4 Å². The minimum absolute atomic E-state index is 0.117. The summed E-state index contributed by atoms with van der Waals surface area (Å²) in [5, 5.41) is 0. The molecule has 1 heterocycles. The molecule has 0 aliphatic heterocycles. The van der Waals surface area contributed by atoms with Gasteiger partial charge in [-0.15, -0.1) is 0 Å². The smallest absolute Gasteiger partial charge is 0.308 e. The zero-order valence-corrected chi connectivity index (χ0v) is 19.9. The number of carbonyl (C=O) groups excluding carboxylic acids is 1. The fourth-order valence-electron chi connectivity index (χ4n) is 3.45. The lowest BCUT2D eigenvalue weighted by molar-refractivity contribution is -0.149. The van der Waals surface area contributed by atoms with Crippen LogP contribution in [0.4, 0.5) is 0 Å². The van der Waals surface area contributed by atoms with Crippen LogP contribution in [0, 0.1) is 11.8 Å². The number of hydrogen-bond donors (Lipinski definition) is 0. The topological polar surface area (TPSA) is 52.1 Å². The summed E-state index contributed by atoms with van der Waals surface area (Å²) in [6.45, 7) is 8.89. The number of hydrogen-bond acceptors (Lipinski definition) is 4. The van der Waals surface area contributed by atoms with Crippen LogP contribution in [0.1, 0.15) is 83.8 Å². The second kappa shape index (κ2) is 14.0. The molecule has 0 spiro atoms. The fraction of sp³-hybridized carbons (Fsp3) is 0.593. The third-order valence-corrected chi connectivity index (χ3v) is 5.89. The van der Waals surface area contributed by atoms with Gasteiger partial charge in [0.15, 0.2) is 5.82 Å². The maximum atomic E-state index is 12.2. The number of unbranched alkanes of at least 4 members (excludes halogenated alkanes) is 5. The van der Waals surface area contributed by atoms with Gasteiger partial charge in [-0.05, 0) is 36.3 Å². The summed E-state index contributed by atoms with van der Waals surface area (Å²) in [5.41, 5.74) is 3.33. The van der Waals surface area contributed by atoms with E-state index in [0.29, 0.717) is 18.9 Å². The second-order valence-corrected chi connectivity index (χ2v) is 8.88. The van der Waals surface area contributed by atoms with Crippen LogP contribution in [-0.4, -0.2) is 22.5 Å². The van der Waals surface area contributed by atoms with Crippen molar-refractivity contribution in [2.75, 3.05) is 6.61 Å². The number of nitrogens with zero attached hydrogens (tertiary/aromatic N) is 2. The molecule has 0 saturated carbocycles. The Bertz CT molecular complexity index is 756. The lowest BCUT2D eigenvalue weighted by atomic mass is 10.00. The van der Waals surface area contributed by atoms with Crippen molar-refractivity contribution in [1.29, 1.82) is 0 Å². The Morgan fingerprint density at radius 1 is 0.903 bits per heavy atom. The van der Waals surface area contributed by atoms with Crippen LogP contribution in [0.3, 0.4) is 0 Å². The lowest BCUT2D eigenvalue weighted by Crippen LogP contribution is -2.19. The van der Waals surface area contributed by atoms with E-state index in [0.717, 1.165) is 29.8 Å². The van der Waals surface area contributed by atoms with Gasteiger partial charge in [-0.3, -0.25) is 4.79 Å². The van der Waals surface area contributed by atoms with Gasteiger partial charge in [0.25, 0.3) is 0 Å². The van der Waals surface area contributed by atoms with Crippen LogP contribution < -0.4 is 0 Å². The van der Waals surface area contributed by atoms with Gasteiger partial charge >= 0.3 is 5.97 Å². The van der Waals surface area contributed by atoms with E-state index < -0.39 is 0 Å². The molecule has 1 aromatic carbocycles. The Morgan fingerprint density at radius 3 is 2.19 bits per heavy atom. The summed E-state index contributed by atoms with van der Waals surface area (Å²) in [7, 11) is 0. The molecule has 2 rings (SSSR count). The normalized spacial score (nSPS) is 13.0. The predicted octanol–water partition coefficient (Wildman–Crippen LogP) is 6.81. The van der Waals surface area contributed by atoms with Crippen LogP contribution >= 0.6 is 0 Å². The molecule has 0 aliphatic carbocycles. The summed E-state index contributed by atoms with van der Waals surface area (Å²) >= 11 is 0. The quantitative estimate of drug-likeness (QED) is 0.247. The van der Waals surface area contributed by atoms with Crippen LogP contribution in [0.2, 0.25) is 0 Å². The predicted molar refractivity (Wildman–Crippen MR) is 128 cm³/mol. The van der Waals surface area contributed by atoms with Crippen molar-refractivity contribution < 1.29 is 9.53 Å². The first-order chi connectivity index (χ1) is 15.0. The molecule has 0 fully saturated rings. The van der Waals surface area contributed by atoms with E-state index in [1.807, 2.05) is 31.5 Å². The molecule has 0 amide bonds. The summed E-state index contributed by atoms with van der Waals surface area (Å²) in [4.78, 5) is 21.3. The molecule has 2 aromatic rings. The van der Waals surface area contributed by atoms with Crippen LogP contribution in [0.5, 0.6) is 0 Å². The molecule has 0 bridgehead atoms. The van der Waals surface area contributed by atoms with E-state index in [4.69, 9.17) is 4.74 Å². The van der Waals surface area contributed by atoms with Crippen molar-refractivity contribution in [1.82, 2.24) is 9.97 Å². The molecule has 170 valence electrons. The fourth-order valence-corrected chi connectivity index (χ4v) is 3.45. The molecular weight excluding hydrogens is 384 g/mol. The number of aromatic nitrogens is 2. The third kappa shape index (κ3) is 9.20. The average Bonchev–Trinajstić information content (AvgIpc) is 2.80. The summed E-state index contributed by atoms with van der Waals surface area (Å²) in [5.74, 6) is 0.896. The highest BCUT2D eigenvalue weighted by molar-refractivity contribution is 5.72. The van der Waals surface area contributed by atoms with E-state index in [2.05, 4.69) is 42.9 Å². The van der Waals surface area contributed by atoms with E-state index in [1.54, 1.807) is 0 Å². The zero-order chi connectivity index (χ0) is 22.5. The molecule has 0 N–H and O–H groups in total. The zero-order valence-electron chi connectivity index (χ0n) is 19.9. The Hall–Kier alpha value is -2.23. The van der Waals surface area contributed by atoms with Gasteiger partial charge in [0.05, 0.1) is 12.5 Å². The molecule has 0 radical (unpaired) electrons. The highest BCUT2D eigenvalue weighted by Gasteiger charge is 2.16. The van der Waals surface area contributed by atoms with Crippen molar-refractivity contribution >= 4 is 5.97 Å². The van der Waals surface area contributed by atoms with E-state index in [9.17, 15) is 4.79 Å². The summed E-state index contributed by atoms with van der Waals surface area (Å²) in [6, 6.07) is 8.19. The molecule has 2 atom stereocenters. The molecule has 1 aromatic heterocycles. The van der Waals surface area contributed by atoms with Crippen molar-refractivity contribution in [2.45, 2.75) is 85.5 Å². The molecule has 4 heteroatoms. The number of carbonyl (C=O) groups is 1. The number of ether oxygens (including phenoxy) is 1. The Labute approximate surface area is 188 Å². The summed E-state index contributed by atoms with van der Waals surface area (Å²) in [6.07, 6.45) is 14.5. The molecular formula is C27H40N2O2. The molecule has 31 heavy (non-hydrogen) atoms. The Morgan fingerprint density at radius 2 is 1.55 bits per heavy atom. The van der Waals surface area contributed by atoms with Crippen LogP contribution in [0.15, 0.2) is 36.7 Å². The maximum Gasteiger partial charge on any atom is 0.308 e. The van der Waals surface area contributed by atoms with Gasteiger partial charge in [0, 0.05) is 18.0 Å². The minimum atomic E-state index is -0.146.